The molecule has 122 valence electrons. The maximum atomic E-state index is 11.8. The second kappa shape index (κ2) is 6.99. The van der Waals surface area contributed by atoms with Crippen molar-refractivity contribution in [1.29, 1.82) is 0 Å². The van der Waals surface area contributed by atoms with E-state index < -0.39 is 5.60 Å². The summed E-state index contributed by atoms with van der Waals surface area (Å²) in [6.45, 7) is 8.30. The third-order valence-electron chi connectivity index (χ3n) is 3.79. The number of rotatable bonds is 4. The summed E-state index contributed by atoms with van der Waals surface area (Å²) < 4.78 is 5.29. The molecule has 1 aromatic rings. The molecule has 2 N–H and O–H groups in total. The van der Waals surface area contributed by atoms with E-state index in [1.807, 2.05) is 40.1 Å². The molecule has 1 aliphatic rings. The van der Waals surface area contributed by atoms with E-state index in [2.05, 4.69) is 21.7 Å². The van der Waals surface area contributed by atoms with Crippen LogP contribution in [0.25, 0.3) is 0 Å². The number of pyridine rings is 1. The van der Waals surface area contributed by atoms with Gasteiger partial charge >= 0.3 is 6.09 Å². The van der Waals surface area contributed by atoms with Gasteiger partial charge in [-0.15, -0.1) is 0 Å². The van der Waals surface area contributed by atoms with Crippen molar-refractivity contribution in [3.05, 3.63) is 24.0 Å². The minimum atomic E-state index is -0.454. The summed E-state index contributed by atoms with van der Waals surface area (Å²) in [4.78, 5) is 16.0. The number of nitrogens with zero attached hydrogens (tertiary/aromatic N) is 1. The minimum Gasteiger partial charge on any atom is -0.444 e. The van der Waals surface area contributed by atoms with Gasteiger partial charge in [-0.25, -0.2) is 4.79 Å². The normalized spacial score (nSPS) is 21.5. The Labute approximate surface area is 132 Å². The highest BCUT2D eigenvalue weighted by atomic mass is 16.6. The lowest BCUT2D eigenvalue weighted by Gasteiger charge is -2.24. The van der Waals surface area contributed by atoms with Crippen LogP contribution in [-0.4, -0.2) is 29.3 Å². The topological polar surface area (TPSA) is 63.2 Å². The summed E-state index contributed by atoms with van der Waals surface area (Å²) in [5.41, 5.74) is 1.74. The van der Waals surface area contributed by atoms with Crippen molar-refractivity contribution in [3.8, 4) is 0 Å². The monoisotopic (exact) mass is 305 g/mol. The number of amides is 1. The molecule has 0 spiro atoms. The zero-order chi connectivity index (χ0) is 16.2. The van der Waals surface area contributed by atoms with Crippen LogP contribution in [-0.2, 0) is 4.74 Å². The molecule has 0 radical (unpaired) electrons. The average Bonchev–Trinajstić information content (AvgIpc) is 2.82. The van der Waals surface area contributed by atoms with Crippen LogP contribution in [0.3, 0.4) is 0 Å². The predicted molar refractivity (Wildman–Crippen MR) is 88.0 cm³/mol. The number of anilines is 1. The quantitative estimate of drug-likeness (QED) is 0.893. The van der Waals surface area contributed by atoms with Crippen LogP contribution in [0.2, 0.25) is 0 Å². The standard InChI is InChI=1S/C17H27N3O2/c1-12-8-14(11-18-9-12)20-15-7-5-6-13(15)10-19-16(21)22-17(2,3)4/h8-9,11,13,15,20H,5-7,10H2,1-4H3,(H,19,21). The first-order valence-corrected chi connectivity index (χ1v) is 7.98. The number of carbonyl (C=O) groups is 1. The van der Waals surface area contributed by atoms with Crippen LogP contribution in [0.5, 0.6) is 0 Å². The molecule has 2 rings (SSSR count). The largest absolute Gasteiger partial charge is 0.444 e. The molecule has 5 nitrogen and oxygen atoms in total. The minimum absolute atomic E-state index is 0.338. The summed E-state index contributed by atoms with van der Waals surface area (Å²) in [6, 6.07) is 2.47. The molecule has 1 saturated carbocycles. The van der Waals surface area contributed by atoms with Crippen molar-refractivity contribution in [2.75, 3.05) is 11.9 Å². The number of alkyl carbamates (subject to hydrolysis) is 1. The number of aryl methyl sites for hydroxylation is 1. The molecule has 22 heavy (non-hydrogen) atoms. The molecule has 1 aromatic heterocycles. The Balaban J connectivity index is 1.84. The number of hydrogen-bond donors (Lipinski definition) is 2. The molecule has 0 bridgehead atoms. The summed E-state index contributed by atoms with van der Waals surface area (Å²) in [6.07, 6.45) is 6.78. The van der Waals surface area contributed by atoms with E-state index in [0.717, 1.165) is 24.1 Å². The molecular formula is C17H27N3O2. The Morgan fingerprint density at radius 1 is 1.36 bits per heavy atom. The Morgan fingerprint density at radius 3 is 2.82 bits per heavy atom. The van der Waals surface area contributed by atoms with E-state index in [1.165, 1.54) is 6.42 Å². The molecule has 1 fully saturated rings. The number of hydrogen-bond acceptors (Lipinski definition) is 4. The van der Waals surface area contributed by atoms with Gasteiger partial charge in [-0.2, -0.15) is 0 Å². The first-order valence-electron chi connectivity index (χ1n) is 7.98. The highest BCUT2D eigenvalue weighted by Gasteiger charge is 2.28. The van der Waals surface area contributed by atoms with Crippen LogP contribution >= 0.6 is 0 Å². The third-order valence-corrected chi connectivity index (χ3v) is 3.79. The van der Waals surface area contributed by atoms with Crippen LogP contribution in [0, 0.1) is 12.8 Å². The molecule has 1 amide bonds. The Morgan fingerprint density at radius 2 is 2.14 bits per heavy atom. The van der Waals surface area contributed by atoms with Gasteiger partial charge in [0.2, 0.25) is 0 Å². The zero-order valence-corrected chi connectivity index (χ0v) is 14.0. The lowest BCUT2D eigenvalue weighted by Crippen LogP contribution is -2.38. The first kappa shape index (κ1) is 16.6. The van der Waals surface area contributed by atoms with Crippen molar-refractivity contribution in [2.45, 2.75) is 58.6 Å². The van der Waals surface area contributed by atoms with Gasteiger partial charge in [0, 0.05) is 25.0 Å². The predicted octanol–water partition coefficient (Wildman–Crippen LogP) is 3.50. The van der Waals surface area contributed by atoms with Crippen molar-refractivity contribution < 1.29 is 9.53 Å². The lowest BCUT2D eigenvalue weighted by molar-refractivity contribution is 0.0519. The maximum Gasteiger partial charge on any atom is 0.407 e. The van der Waals surface area contributed by atoms with Crippen molar-refractivity contribution >= 4 is 11.8 Å². The Kier molecular flexibility index (Phi) is 5.27. The van der Waals surface area contributed by atoms with E-state index in [4.69, 9.17) is 4.74 Å². The van der Waals surface area contributed by atoms with Crippen molar-refractivity contribution in [2.24, 2.45) is 5.92 Å². The Hall–Kier alpha value is -1.78. The van der Waals surface area contributed by atoms with E-state index in [9.17, 15) is 4.79 Å². The van der Waals surface area contributed by atoms with Gasteiger partial charge in [0.1, 0.15) is 5.60 Å². The van der Waals surface area contributed by atoms with E-state index in [-0.39, 0.29) is 6.09 Å². The summed E-state index contributed by atoms with van der Waals surface area (Å²) in [7, 11) is 0. The number of aromatic nitrogens is 1. The fourth-order valence-electron chi connectivity index (χ4n) is 2.85. The number of ether oxygens (including phenoxy) is 1. The van der Waals surface area contributed by atoms with Gasteiger partial charge in [0.25, 0.3) is 0 Å². The van der Waals surface area contributed by atoms with E-state index in [1.54, 1.807) is 0 Å². The number of nitrogens with one attached hydrogen (secondary N) is 2. The highest BCUT2D eigenvalue weighted by Crippen LogP contribution is 2.28. The lowest BCUT2D eigenvalue weighted by atomic mass is 10.0. The zero-order valence-electron chi connectivity index (χ0n) is 14.0. The van der Waals surface area contributed by atoms with Gasteiger partial charge in [-0.3, -0.25) is 4.98 Å². The van der Waals surface area contributed by atoms with Crippen molar-refractivity contribution in [1.82, 2.24) is 10.3 Å². The average molecular weight is 305 g/mol. The molecule has 0 saturated heterocycles. The first-order chi connectivity index (χ1) is 10.3. The van der Waals surface area contributed by atoms with Crippen LogP contribution in [0.1, 0.15) is 45.6 Å². The molecule has 1 aliphatic carbocycles. The molecule has 2 unspecified atom stereocenters. The summed E-state index contributed by atoms with van der Waals surface area (Å²) in [5.74, 6) is 0.424. The third kappa shape index (κ3) is 5.20. The molecule has 5 heteroatoms. The van der Waals surface area contributed by atoms with Crippen molar-refractivity contribution in [3.63, 3.8) is 0 Å². The molecule has 2 atom stereocenters. The molecule has 0 aromatic carbocycles. The van der Waals surface area contributed by atoms with Crippen LogP contribution < -0.4 is 10.6 Å². The highest BCUT2D eigenvalue weighted by molar-refractivity contribution is 5.67. The van der Waals surface area contributed by atoms with Gasteiger partial charge in [-0.1, -0.05) is 6.42 Å². The molecular weight excluding hydrogens is 278 g/mol. The Bertz CT molecular complexity index is 511. The van der Waals surface area contributed by atoms with Gasteiger partial charge in [-0.05, 0) is 58.1 Å². The van der Waals surface area contributed by atoms with E-state index >= 15 is 0 Å². The van der Waals surface area contributed by atoms with Crippen LogP contribution in [0.4, 0.5) is 10.5 Å². The fourth-order valence-corrected chi connectivity index (χ4v) is 2.85. The fraction of sp³-hybridized carbons (Fsp3) is 0.647. The molecule has 0 aliphatic heterocycles. The second-order valence-electron chi connectivity index (χ2n) is 7.08. The maximum absolute atomic E-state index is 11.8. The van der Waals surface area contributed by atoms with E-state index in [0.29, 0.717) is 18.5 Å². The van der Waals surface area contributed by atoms with Crippen LogP contribution in [0.15, 0.2) is 18.5 Å². The summed E-state index contributed by atoms with van der Waals surface area (Å²) >= 11 is 0. The molecule has 1 heterocycles. The van der Waals surface area contributed by atoms with Gasteiger partial charge in [0.05, 0.1) is 5.69 Å². The smallest absolute Gasteiger partial charge is 0.407 e. The van der Waals surface area contributed by atoms with Gasteiger partial charge in [0.15, 0.2) is 0 Å². The second-order valence-corrected chi connectivity index (χ2v) is 7.08. The summed E-state index contributed by atoms with van der Waals surface area (Å²) in [5, 5.41) is 6.44. The van der Waals surface area contributed by atoms with Gasteiger partial charge < -0.3 is 15.4 Å². The SMILES string of the molecule is Cc1cncc(NC2CCCC2CNC(=O)OC(C)(C)C)c1. The number of carbonyl (C=O) groups excluding carboxylic acids is 1.